The minimum absolute atomic E-state index is 0.0491. The van der Waals surface area contributed by atoms with E-state index in [0.717, 1.165) is 18.8 Å². The zero-order valence-corrected chi connectivity index (χ0v) is 21.2. The van der Waals surface area contributed by atoms with Gasteiger partial charge in [-0.15, -0.1) is 0 Å². The lowest BCUT2D eigenvalue weighted by atomic mass is 9.88. The summed E-state index contributed by atoms with van der Waals surface area (Å²) in [4.78, 5) is 35.1. The SMILES string of the molecule is COc1ccc(C#N)cc1/C=C/C(=O)NC(Cc1cnc[nH]1)CN1CCC(C(=O)c2ccc(F)cc2)CC1. The predicted molar refractivity (Wildman–Crippen MR) is 141 cm³/mol. The normalized spacial score (nSPS) is 15.2. The number of Topliss-reactive ketones (excluding diaryl/α,β-unsaturated/α-hetero) is 1. The number of hydrogen-bond acceptors (Lipinski definition) is 6. The Labute approximate surface area is 221 Å². The van der Waals surface area contributed by atoms with Gasteiger partial charge in [-0.05, 0) is 74.5 Å². The van der Waals surface area contributed by atoms with Crippen LogP contribution in [0.1, 0.15) is 40.0 Å². The van der Waals surface area contributed by atoms with Crippen molar-refractivity contribution in [1.29, 1.82) is 5.26 Å². The summed E-state index contributed by atoms with van der Waals surface area (Å²) in [5.41, 5.74) is 2.56. The Hall–Kier alpha value is -4.29. The van der Waals surface area contributed by atoms with Crippen LogP contribution in [-0.4, -0.2) is 59.3 Å². The standard InChI is InChI=1S/C29H30FN5O3/c1-38-27-8-2-20(16-31)14-23(27)5-9-28(36)34-26(15-25-17-32-19-33-25)18-35-12-10-22(11-13-35)29(37)21-3-6-24(30)7-4-21/h2-9,14,17,19,22,26H,10-13,15,18H2,1H3,(H,32,33)(H,34,36)/b9-5+. The molecule has 9 heteroatoms. The van der Waals surface area contributed by atoms with Gasteiger partial charge in [0.1, 0.15) is 11.6 Å². The van der Waals surface area contributed by atoms with Crippen LogP contribution >= 0.6 is 0 Å². The number of hydrogen-bond donors (Lipinski definition) is 2. The van der Waals surface area contributed by atoms with Gasteiger partial charge in [-0.3, -0.25) is 9.59 Å². The third kappa shape index (κ3) is 7.14. The van der Waals surface area contributed by atoms with Crippen LogP contribution in [0.3, 0.4) is 0 Å². The number of likely N-dealkylation sites (tertiary alicyclic amines) is 1. The first-order chi connectivity index (χ1) is 18.4. The second kappa shape index (κ2) is 12.8. The largest absolute Gasteiger partial charge is 0.496 e. The molecule has 0 aliphatic carbocycles. The Morgan fingerprint density at radius 1 is 1.26 bits per heavy atom. The summed E-state index contributed by atoms with van der Waals surface area (Å²) >= 11 is 0. The predicted octanol–water partition coefficient (Wildman–Crippen LogP) is 3.76. The topological polar surface area (TPSA) is 111 Å². The number of ketones is 1. The number of nitrogens with zero attached hydrogens (tertiary/aromatic N) is 3. The maximum Gasteiger partial charge on any atom is 0.244 e. The van der Waals surface area contributed by atoms with E-state index in [9.17, 15) is 19.2 Å². The van der Waals surface area contributed by atoms with Crippen molar-refractivity contribution in [2.24, 2.45) is 5.92 Å². The van der Waals surface area contributed by atoms with Crippen molar-refractivity contribution in [3.63, 3.8) is 0 Å². The number of carbonyl (C=O) groups is 2. The number of carbonyl (C=O) groups excluding carboxylic acids is 2. The zero-order chi connectivity index (χ0) is 26.9. The molecule has 0 radical (unpaired) electrons. The number of amides is 1. The fraction of sp³-hybridized carbons (Fsp3) is 0.310. The van der Waals surface area contributed by atoms with Crippen LogP contribution in [0.15, 0.2) is 61.1 Å². The van der Waals surface area contributed by atoms with Crippen molar-refractivity contribution < 1.29 is 18.7 Å². The zero-order valence-electron chi connectivity index (χ0n) is 21.2. The van der Waals surface area contributed by atoms with E-state index in [1.165, 1.54) is 25.3 Å². The number of halogens is 1. The number of nitrogens with one attached hydrogen (secondary N) is 2. The Morgan fingerprint density at radius 2 is 2.03 bits per heavy atom. The lowest BCUT2D eigenvalue weighted by molar-refractivity contribution is -0.117. The average Bonchev–Trinajstić information content (AvgIpc) is 3.45. The van der Waals surface area contributed by atoms with Crippen molar-refractivity contribution >= 4 is 17.8 Å². The van der Waals surface area contributed by atoms with Crippen molar-refractivity contribution in [3.05, 3.63) is 89.3 Å². The van der Waals surface area contributed by atoms with Crippen molar-refractivity contribution in [2.75, 3.05) is 26.7 Å². The molecule has 2 N–H and O–H groups in total. The van der Waals surface area contributed by atoms with E-state index in [4.69, 9.17) is 4.74 Å². The summed E-state index contributed by atoms with van der Waals surface area (Å²) in [5.74, 6) is -0.0979. The van der Waals surface area contributed by atoms with E-state index in [0.29, 0.717) is 48.2 Å². The molecule has 2 aromatic carbocycles. The summed E-state index contributed by atoms with van der Waals surface area (Å²) in [6, 6.07) is 12.6. The van der Waals surface area contributed by atoms with Crippen LogP contribution in [0.5, 0.6) is 5.75 Å². The van der Waals surface area contributed by atoms with Crippen LogP contribution < -0.4 is 10.1 Å². The third-order valence-electron chi connectivity index (χ3n) is 6.71. The van der Waals surface area contributed by atoms with Crippen LogP contribution in [0.2, 0.25) is 0 Å². The summed E-state index contributed by atoms with van der Waals surface area (Å²) < 4.78 is 18.6. The molecule has 1 fully saturated rings. The van der Waals surface area contributed by atoms with E-state index in [2.05, 4.69) is 26.3 Å². The molecular formula is C29H30FN5O3. The number of aromatic amines is 1. The van der Waals surface area contributed by atoms with E-state index in [1.54, 1.807) is 48.9 Å². The van der Waals surface area contributed by atoms with Crippen LogP contribution in [0.4, 0.5) is 4.39 Å². The lowest BCUT2D eigenvalue weighted by Crippen LogP contribution is -2.47. The molecule has 3 aromatic rings. The second-order valence-corrected chi connectivity index (χ2v) is 9.33. The molecular weight excluding hydrogens is 485 g/mol. The molecule has 4 rings (SSSR count). The smallest absolute Gasteiger partial charge is 0.244 e. The van der Waals surface area contributed by atoms with Crippen LogP contribution in [-0.2, 0) is 11.2 Å². The molecule has 1 saturated heterocycles. The van der Waals surface area contributed by atoms with Gasteiger partial charge in [-0.1, -0.05) is 0 Å². The van der Waals surface area contributed by atoms with E-state index < -0.39 is 0 Å². The number of H-pyrrole nitrogens is 1. The van der Waals surface area contributed by atoms with Crippen LogP contribution in [0.25, 0.3) is 6.08 Å². The molecule has 0 spiro atoms. The van der Waals surface area contributed by atoms with Crippen LogP contribution in [0, 0.1) is 23.1 Å². The van der Waals surface area contributed by atoms with Gasteiger partial charge in [-0.25, -0.2) is 9.37 Å². The Bertz CT molecular complexity index is 1310. The highest BCUT2D eigenvalue weighted by Gasteiger charge is 2.27. The molecule has 0 saturated carbocycles. The number of aromatic nitrogens is 2. The van der Waals surface area contributed by atoms with Gasteiger partial charge in [0, 0.05) is 54.0 Å². The lowest BCUT2D eigenvalue weighted by Gasteiger charge is -2.34. The van der Waals surface area contributed by atoms with Gasteiger partial charge >= 0.3 is 0 Å². The molecule has 1 aliphatic heterocycles. The molecule has 2 heterocycles. The highest BCUT2D eigenvalue weighted by molar-refractivity contribution is 5.97. The first kappa shape index (κ1) is 26.8. The maximum atomic E-state index is 13.2. The van der Waals surface area contributed by atoms with E-state index in [-0.39, 0.29) is 29.5 Å². The van der Waals surface area contributed by atoms with Gasteiger partial charge in [0.05, 0.1) is 25.1 Å². The molecule has 1 atom stereocenters. The molecule has 38 heavy (non-hydrogen) atoms. The van der Waals surface area contributed by atoms with E-state index in [1.807, 2.05) is 0 Å². The Balaban J connectivity index is 1.37. The van der Waals surface area contributed by atoms with Crippen molar-refractivity contribution in [1.82, 2.24) is 20.2 Å². The highest BCUT2D eigenvalue weighted by atomic mass is 19.1. The van der Waals surface area contributed by atoms with Gasteiger partial charge in [0.25, 0.3) is 0 Å². The van der Waals surface area contributed by atoms with Gasteiger partial charge in [-0.2, -0.15) is 5.26 Å². The number of piperidine rings is 1. The minimum atomic E-state index is -0.355. The summed E-state index contributed by atoms with van der Waals surface area (Å²) in [7, 11) is 1.54. The molecule has 196 valence electrons. The summed E-state index contributed by atoms with van der Waals surface area (Å²) in [5, 5.41) is 12.3. The number of nitriles is 1. The number of imidazole rings is 1. The summed E-state index contributed by atoms with van der Waals surface area (Å²) in [6.45, 7) is 2.06. The number of rotatable bonds is 10. The fourth-order valence-corrected chi connectivity index (χ4v) is 4.71. The first-order valence-electron chi connectivity index (χ1n) is 12.5. The van der Waals surface area contributed by atoms with Crippen molar-refractivity contribution in [2.45, 2.75) is 25.3 Å². The monoisotopic (exact) mass is 515 g/mol. The molecule has 1 amide bonds. The molecule has 1 unspecified atom stereocenters. The quantitative estimate of drug-likeness (QED) is 0.314. The third-order valence-corrected chi connectivity index (χ3v) is 6.71. The highest BCUT2D eigenvalue weighted by Crippen LogP contribution is 2.23. The van der Waals surface area contributed by atoms with Gasteiger partial charge < -0.3 is 19.9 Å². The Kier molecular flexibility index (Phi) is 9.01. The van der Waals surface area contributed by atoms with Crippen molar-refractivity contribution in [3.8, 4) is 11.8 Å². The van der Waals surface area contributed by atoms with E-state index >= 15 is 0 Å². The molecule has 8 nitrogen and oxygen atoms in total. The first-order valence-corrected chi connectivity index (χ1v) is 12.5. The maximum absolute atomic E-state index is 13.2. The molecule has 0 bridgehead atoms. The molecule has 1 aromatic heterocycles. The number of benzene rings is 2. The minimum Gasteiger partial charge on any atom is -0.496 e. The fourth-order valence-electron chi connectivity index (χ4n) is 4.71. The number of methoxy groups -OCH3 is 1. The molecule has 1 aliphatic rings. The average molecular weight is 516 g/mol. The summed E-state index contributed by atoms with van der Waals surface area (Å²) in [6.07, 6.45) is 8.39. The Morgan fingerprint density at radius 3 is 2.68 bits per heavy atom. The van der Waals surface area contributed by atoms with Gasteiger partial charge in [0.15, 0.2) is 5.78 Å². The number of ether oxygens (including phenoxy) is 1. The van der Waals surface area contributed by atoms with Gasteiger partial charge in [0.2, 0.25) is 5.91 Å². The second-order valence-electron chi connectivity index (χ2n) is 9.33.